The lowest BCUT2D eigenvalue weighted by atomic mass is 10.2. The summed E-state index contributed by atoms with van der Waals surface area (Å²) in [7, 11) is -2.67. The Balaban J connectivity index is 1.90. The van der Waals surface area contributed by atoms with E-state index in [2.05, 4.69) is 4.99 Å². The molecule has 0 unspecified atom stereocenters. The van der Waals surface area contributed by atoms with Crippen molar-refractivity contribution in [2.45, 2.75) is 11.4 Å². The summed E-state index contributed by atoms with van der Waals surface area (Å²) in [4.78, 5) is 29.4. The highest BCUT2D eigenvalue weighted by atomic mass is 35.5. The number of nitrogens with zero attached hydrogens (tertiary/aromatic N) is 2. The zero-order chi connectivity index (χ0) is 22.3. The molecule has 0 saturated carbocycles. The number of carbonyl (C=O) groups excluding carboxylic acids is 2. The molecule has 0 radical (unpaired) electrons. The zero-order valence-electron chi connectivity index (χ0n) is 15.9. The van der Waals surface area contributed by atoms with Gasteiger partial charge >= 0.3 is 5.97 Å². The quantitative estimate of drug-likeness (QED) is 0.436. The van der Waals surface area contributed by atoms with E-state index in [1.165, 1.54) is 41.2 Å². The maximum absolute atomic E-state index is 12.9. The number of fused-ring (bicyclic) bond motifs is 2. The Morgan fingerprint density at radius 1 is 1.16 bits per heavy atom. The number of thiazole rings is 1. The van der Waals surface area contributed by atoms with Gasteiger partial charge in [0.1, 0.15) is 11.4 Å². The Hall–Kier alpha value is -2.57. The molecule has 2 N–H and O–H groups in total. The molecule has 160 valence electrons. The summed E-state index contributed by atoms with van der Waals surface area (Å²) in [6, 6.07) is 11.5. The van der Waals surface area contributed by atoms with Crippen LogP contribution in [0.4, 0.5) is 0 Å². The molecule has 31 heavy (non-hydrogen) atoms. The summed E-state index contributed by atoms with van der Waals surface area (Å²) >= 11 is 8.66. The summed E-state index contributed by atoms with van der Waals surface area (Å²) < 4.78 is 30.9. The van der Waals surface area contributed by atoms with Crippen LogP contribution in [0.15, 0.2) is 52.4 Å². The fourth-order valence-corrected chi connectivity index (χ4v) is 6.03. The molecule has 12 heteroatoms. The van der Waals surface area contributed by atoms with E-state index in [1.807, 2.05) is 24.3 Å². The third kappa shape index (κ3) is 4.14. The second-order valence-electron chi connectivity index (χ2n) is 6.38. The van der Waals surface area contributed by atoms with Crippen LogP contribution in [0.5, 0.6) is 0 Å². The van der Waals surface area contributed by atoms with Gasteiger partial charge in [0, 0.05) is 10.1 Å². The number of hydrogen-bond donors (Lipinski definition) is 1. The average Bonchev–Trinajstić information content (AvgIpc) is 3.24. The predicted molar refractivity (Wildman–Crippen MR) is 120 cm³/mol. The number of aromatic nitrogens is 1. The van der Waals surface area contributed by atoms with Gasteiger partial charge in [-0.1, -0.05) is 41.1 Å². The average molecular weight is 496 g/mol. The molecule has 0 aliphatic rings. The second kappa shape index (κ2) is 8.17. The van der Waals surface area contributed by atoms with E-state index in [-0.39, 0.29) is 21.1 Å². The van der Waals surface area contributed by atoms with Crippen LogP contribution in [0.2, 0.25) is 5.02 Å². The predicted octanol–water partition coefficient (Wildman–Crippen LogP) is 3.13. The van der Waals surface area contributed by atoms with Crippen LogP contribution in [0.1, 0.15) is 9.67 Å². The molecular formula is C19H14ClN3O5S3. The molecule has 0 bridgehead atoms. The molecule has 0 aliphatic heterocycles. The second-order valence-corrected chi connectivity index (χ2v) is 10.4. The van der Waals surface area contributed by atoms with E-state index >= 15 is 0 Å². The van der Waals surface area contributed by atoms with Crippen LogP contribution in [-0.2, 0) is 26.1 Å². The van der Waals surface area contributed by atoms with Crippen LogP contribution in [0.3, 0.4) is 0 Å². The number of hydrogen-bond acceptors (Lipinski definition) is 7. The van der Waals surface area contributed by atoms with Gasteiger partial charge in [-0.15, -0.1) is 11.3 Å². The molecule has 1 amide bonds. The number of esters is 1. The Morgan fingerprint density at radius 3 is 2.58 bits per heavy atom. The van der Waals surface area contributed by atoms with Gasteiger partial charge in [0.05, 0.1) is 27.2 Å². The van der Waals surface area contributed by atoms with Gasteiger partial charge in [-0.2, -0.15) is 4.99 Å². The SMILES string of the molecule is COC(=O)Cn1c(=NC(=O)c2sc3ccccc3c2Cl)sc2cc(S(N)(=O)=O)ccc21. The third-order valence-electron chi connectivity index (χ3n) is 4.42. The number of halogens is 1. The lowest BCUT2D eigenvalue weighted by molar-refractivity contribution is -0.141. The Kier molecular flexibility index (Phi) is 5.71. The van der Waals surface area contributed by atoms with Crippen molar-refractivity contribution < 1.29 is 22.7 Å². The Labute approximate surface area is 189 Å². The van der Waals surface area contributed by atoms with Gasteiger partial charge < -0.3 is 9.30 Å². The number of ether oxygens (including phenoxy) is 1. The van der Waals surface area contributed by atoms with Crippen molar-refractivity contribution >= 4 is 76.5 Å². The van der Waals surface area contributed by atoms with Crippen molar-refractivity contribution in [2.75, 3.05) is 7.11 Å². The van der Waals surface area contributed by atoms with Gasteiger partial charge in [-0.05, 0) is 24.3 Å². The lowest BCUT2D eigenvalue weighted by Crippen LogP contribution is -2.22. The highest BCUT2D eigenvalue weighted by Crippen LogP contribution is 2.35. The smallest absolute Gasteiger partial charge is 0.325 e. The van der Waals surface area contributed by atoms with Crippen molar-refractivity contribution in [3.63, 3.8) is 0 Å². The number of sulfonamides is 1. The van der Waals surface area contributed by atoms with E-state index in [9.17, 15) is 18.0 Å². The van der Waals surface area contributed by atoms with E-state index in [0.717, 1.165) is 21.4 Å². The summed E-state index contributed by atoms with van der Waals surface area (Å²) in [6.07, 6.45) is 0. The summed E-state index contributed by atoms with van der Waals surface area (Å²) in [5.74, 6) is -1.12. The Morgan fingerprint density at radius 2 is 1.90 bits per heavy atom. The molecule has 0 saturated heterocycles. The minimum Gasteiger partial charge on any atom is -0.468 e. The Bertz CT molecular complexity index is 1530. The number of primary sulfonamides is 1. The highest BCUT2D eigenvalue weighted by Gasteiger charge is 2.19. The number of carbonyl (C=O) groups is 2. The minimum atomic E-state index is -3.92. The topological polar surface area (TPSA) is 121 Å². The third-order valence-corrected chi connectivity index (χ3v) is 8.04. The molecule has 0 atom stereocenters. The highest BCUT2D eigenvalue weighted by molar-refractivity contribution is 7.89. The van der Waals surface area contributed by atoms with Crippen molar-refractivity contribution in [3.05, 3.63) is 57.2 Å². The van der Waals surface area contributed by atoms with Crippen molar-refractivity contribution in [1.82, 2.24) is 4.57 Å². The largest absolute Gasteiger partial charge is 0.468 e. The number of rotatable bonds is 4. The van der Waals surface area contributed by atoms with Gasteiger partial charge in [0.15, 0.2) is 4.80 Å². The molecular weight excluding hydrogens is 482 g/mol. The first kappa shape index (κ1) is 21.7. The van der Waals surface area contributed by atoms with E-state index in [4.69, 9.17) is 21.5 Å². The molecule has 2 aromatic carbocycles. The number of amides is 1. The van der Waals surface area contributed by atoms with Crippen LogP contribution in [0.25, 0.3) is 20.3 Å². The number of methoxy groups -OCH3 is 1. The van der Waals surface area contributed by atoms with Gasteiger partial charge in [0.2, 0.25) is 10.0 Å². The molecule has 2 heterocycles. The molecule has 0 fully saturated rings. The standard InChI is InChI=1S/C19H14ClN3O5S3/c1-28-15(24)9-23-12-7-6-10(31(21,26)27)8-14(12)30-19(23)22-18(25)17-16(20)11-4-2-3-5-13(11)29-17/h2-8H,9H2,1H3,(H2,21,26,27). The minimum absolute atomic E-state index is 0.0862. The molecule has 2 aromatic heterocycles. The molecule has 4 aromatic rings. The fraction of sp³-hybridized carbons (Fsp3) is 0.105. The summed E-state index contributed by atoms with van der Waals surface area (Å²) in [5, 5.41) is 6.28. The van der Waals surface area contributed by atoms with Crippen molar-refractivity contribution in [2.24, 2.45) is 10.1 Å². The van der Waals surface area contributed by atoms with Gasteiger partial charge in [0.25, 0.3) is 5.91 Å². The first-order valence-electron chi connectivity index (χ1n) is 8.68. The van der Waals surface area contributed by atoms with Gasteiger partial charge in [-0.3, -0.25) is 9.59 Å². The first-order chi connectivity index (χ1) is 14.7. The van der Waals surface area contributed by atoms with Crippen LogP contribution in [0, 0.1) is 0 Å². The monoisotopic (exact) mass is 495 g/mol. The molecule has 0 spiro atoms. The van der Waals surface area contributed by atoms with E-state index < -0.39 is 21.9 Å². The van der Waals surface area contributed by atoms with Gasteiger partial charge in [-0.25, -0.2) is 13.6 Å². The number of thiophene rings is 1. The zero-order valence-corrected chi connectivity index (χ0v) is 19.1. The fourth-order valence-electron chi connectivity index (χ4n) is 2.95. The first-order valence-corrected chi connectivity index (χ1v) is 12.2. The summed E-state index contributed by atoms with van der Waals surface area (Å²) in [5.41, 5.74) is 0.511. The van der Waals surface area contributed by atoms with Crippen LogP contribution < -0.4 is 9.94 Å². The van der Waals surface area contributed by atoms with Crippen LogP contribution >= 0.6 is 34.3 Å². The lowest BCUT2D eigenvalue weighted by Gasteiger charge is -2.04. The van der Waals surface area contributed by atoms with E-state index in [1.54, 1.807) is 0 Å². The molecule has 8 nitrogen and oxygen atoms in total. The number of nitrogens with two attached hydrogens (primary N) is 1. The van der Waals surface area contributed by atoms with Crippen molar-refractivity contribution in [1.29, 1.82) is 0 Å². The molecule has 0 aliphatic carbocycles. The maximum atomic E-state index is 12.9. The normalized spacial score (nSPS) is 12.5. The maximum Gasteiger partial charge on any atom is 0.325 e. The molecule has 4 rings (SSSR count). The van der Waals surface area contributed by atoms with E-state index in [0.29, 0.717) is 15.2 Å². The number of benzene rings is 2. The van der Waals surface area contributed by atoms with Crippen LogP contribution in [-0.4, -0.2) is 32.0 Å². The van der Waals surface area contributed by atoms with Crippen molar-refractivity contribution in [3.8, 4) is 0 Å². The summed E-state index contributed by atoms with van der Waals surface area (Å²) in [6.45, 7) is -0.211.